The van der Waals surface area contributed by atoms with Crippen molar-refractivity contribution < 1.29 is 9.15 Å². The summed E-state index contributed by atoms with van der Waals surface area (Å²) in [5.41, 5.74) is 0. The van der Waals surface area contributed by atoms with E-state index in [1.54, 1.807) is 13.4 Å². The summed E-state index contributed by atoms with van der Waals surface area (Å²) in [5, 5.41) is 4.49. The van der Waals surface area contributed by atoms with Crippen LogP contribution in [0.5, 0.6) is 0 Å². The largest absolute Gasteiger partial charge is 0.469 e. The van der Waals surface area contributed by atoms with Crippen LogP contribution < -0.4 is 10.2 Å². The van der Waals surface area contributed by atoms with Crippen molar-refractivity contribution in [1.29, 1.82) is 0 Å². The van der Waals surface area contributed by atoms with E-state index < -0.39 is 0 Å². The van der Waals surface area contributed by atoms with Gasteiger partial charge in [-0.3, -0.25) is 4.99 Å². The van der Waals surface area contributed by atoms with Crippen LogP contribution >= 0.6 is 35.5 Å². The van der Waals surface area contributed by atoms with Gasteiger partial charge in [0.25, 0.3) is 0 Å². The van der Waals surface area contributed by atoms with Gasteiger partial charge in [-0.1, -0.05) is 6.92 Å². The molecule has 0 aromatic carbocycles. The molecule has 0 radical (unpaired) electrons. The highest BCUT2D eigenvalue weighted by atomic mass is 127. The Bertz CT molecular complexity index is 701. The van der Waals surface area contributed by atoms with Crippen LogP contribution in [-0.4, -0.2) is 73.2 Å². The number of aromatic nitrogens is 2. The maximum atomic E-state index is 5.40. The molecule has 1 N–H and O–H groups in total. The third-order valence-electron chi connectivity index (χ3n) is 4.41. The number of guanidine groups is 1. The Morgan fingerprint density at radius 2 is 2.18 bits per heavy atom. The molecule has 8 nitrogen and oxygen atoms in total. The zero-order valence-corrected chi connectivity index (χ0v) is 19.6. The fraction of sp³-hybridized carbons (Fsp3) is 0.611. The highest BCUT2D eigenvalue weighted by Gasteiger charge is 2.22. The van der Waals surface area contributed by atoms with Crippen molar-refractivity contribution in [3.63, 3.8) is 0 Å². The van der Waals surface area contributed by atoms with Crippen molar-refractivity contribution in [2.24, 2.45) is 4.99 Å². The average molecular weight is 520 g/mol. The number of aliphatic imine (C=N–C) groups is 1. The standard InChI is InChI=1S/C18H28N6O2S.HI/c1-3-16-21-18(27-22-16)24-11-9-23(10-12-24)17(20-8-14-25-2)19-7-6-15-5-4-13-26-15;/h4-5,13H,3,6-12,14H2,1-2H3,(H,19,20);1H. The zero-order chi connectivity index (χ0) is 18.9. The van der Waals surface area contributed by atoms with Crippen LogP contribution in [0.25, 0.3) is 0 Å². The number of ether oxygens (including phenoxy) is 1. The summed E-state index contributed by atoms with van der Waals surface area (Å²) in [7, 11) is 1.70. The van der Waals surface area contributed by atoms with E-state index in [-0.39, 0.29) is 24.0 Å². The summed E-state index contributed by atoms with van der Waals surface area (Å²) >= 11 is 1.49. The van der Waals surface area contributed by atoms with E-state index >= 15 is 0 Å². The van der Waals surface area contributed by atoms with Gasteiger partial charge in [-0.2, -0.15) is 4.37 Å². The van der Waals surface area contributed by atoms with Crippen molar-refractivity contribution >= 4 is 46.6 Å². The second-order valence-electron chi connectivity index (χ2n) is 6.28. The molecular weight excluding hydrogens is 491 g/mol. The van der Waals surface area contributed by atoms with E-state index in [1.165, 1.54) is 11.5 Å². The first kappa shape index (κ1) is 22.9. The number of hydrogen-bond donors (Lipinski definition) is 1. The van der Waals surface area contributed by atoms with Gasteiger partial charge in [-0.15, -0.1) is 24.0 Å². The number of rotatable bonds is 8. The Morgan fingerprint density at radius 1 is 1.36 bits per heavy atom. The van der Waals surface area contributed by atoms with Crippen molar-refractivity contribution in [3.8, 4) is 0 Å². The number of aryl methyl sites for hydroxylation is 1. The Kier molecular flexibility index (Phi) is 9.99. The van der Waals surface area contributed by atoms with Crippen molar-refractivity contribution in [2.45, 2.75) is 19.8 Å². The minimum absolute atomic E-state index is 0. The molecule has 3 rings (SSSR count). The maximum Gasteiger partial charge on any atom is 0.205 e. The van der Waals surface area contributed by atoms with Gasteiger partial charge in [0.15, 0.2) is 5.96 Å². The van der Waals surface area contributed by atoms with Gasteiger partial charge in [0, 0.05) is 64.2 Å². The lowest BCUT2D eigenvalue weighted by molar-refractivity contribution is 0.207. The van der Waals surface area contributed by atoms with Crippen molar-refractivity contribution in [1.82, 2.24) is 19.6 Å². The van der Waals surface area contributed by atoms with Gasteiger partial charge in [0.1, 0.15) is 11.6 Å². The monoisotopic (exact) mass is 520 g/mol. The van der Waals surface area contributed by atoms with E-state index in [0.717, 1.165) is 68.2 Å². The molecule has 1 saturated heterocycles. The Balaban J connectivity index is 0.00000280. The molecule has 1 aliphatic heterocycles. The molecule has 10 heteroatoms. The van der Waals surface area contributed by atoms with Crippen LogP contribution in [0.4, 0.5) is 5.13 Å². The normalized spacial score (nSPS) is 14.9. The van der Waals surface area contributed by atoms with Gasteiger partial charge in [-0.05, 0) is 12.1 Å². The van der Waals surface area contributed by atoms with E-state index in [0.29, 0.717) is 13.2 Å². The molecule has 2 aromatic heterocycles. The highest BCUT2D eigenvalue weighted by molar-refractivity contribution is 14.0. The minimum atomic E-state index is 0. The predicted molar refractivity (Wildman–Crippen MR) is 123 cm³/mol. The molecule has 2 aromatic rings. The van der Waals surface area contributed by atoms with Gasteiger partial charge in [-0.25, -0.2) is 4.98 Å². The summed E-state index contributed by atoms with van der Waals surface area (Å²) in [6.45, 7) is 7.78. The Labute approximate surface area is 187 Å². The van der Waals surface area contributed by atoms with E-state index in [1.807, 2.05) is 12.1 Å². The van der Waals surface area contributed by atoms with Gasteiger partial charge in [0.2, 0.25) is 5.13 Å². The minimum Gasteiger partial charge on any atom is -0.469 e. The average Bonchev–Trinajstić information content (AvgIpc) is 3.39. The summed E-state index contributed by atoms with van der Waals surface area (Å²) in [4.78, 5) is 13.9. The summed E-state index contributed by atoms with van der Waals surface area (Å²) in [6.07, 6.45) is 3.42. The van der Waals surface area contributed by atoms with E-state index in [9.17, 15) is 0 Å². The second-order valence-corrected chi connectivity index (χ2v) is 7.01. The quantitative estimate of drug-likeness (QED) is 0.248. The second kappa shape index (κ2) is 12.2. The first-order valence-corrected chi connectivity index (χ1v) is 10.2. The van der Waals surface area contributed by atoms with Gasteiger partial charge in [0.05, 0.1) is 19.4 Å². The number of nitrogens with zero attached hydrogens (tertiary/aromatic N) is 5. The molecule has 156 valence electrons. The van der Waals surface area contributed by atoms with E-state index in [2.05, 4.69) is 31.4 Å². The Hall–Kier alpha value is -1.40. The molecule has 0 aliphatic carbocycles. The summed E-state index contributed by atoms with van der Waals surface area (Å²) < 4.78 is 14.9. The van der Waals surface area contributed by atoms with Crippen molar-refractivity contribution in [3.05, 3.63) is 30.0 Å². The molecule has 3 heterocycles. The van der Waals surface area contributed by atoms with Crippen LogP contribution in [0, 0.1) is 0 Å². The SMILES string of the molecule is CCc1nsc(N2CCN(C(=NCCOC)NCCc3ccco3)CC2)n1.I. The smallest absolute Gasteiger partial charge is 0.205 e. The van der Waals surface area contributed by atoms with Crippen LogP contribution in [0.2, 0.25) is 0 Å². The fourth-order valence-corrected chi connectivity index (χ4v) is 3.69. The number of anilines is 1. The maximum absolute atomic E-state index is 5.40. The molecule has 0 spiro atoms. The number of nitrogens with one attached hydrogen (secondary N) is 1. The number of furan rings is 1. The number of halogens is 1. The first-order chi connectivity index (χ1) is 13.3. The predicted octanol–water partition coefficient (Wildman–Crippen LogP) is 2.27. The molecule has 0 atom stereocenters. The summed E-state index contributed by atoms with van der Waals surface area (Å²) in [6, 6.07) is 3.91. The number of hydrogen-bond acceptors (Lipinski definition) is 7. The fourth-order valence-electron chi connectivity index (χ4n) is 2.89. The number of piperazine rings is 1. The van der Waals surface area contributed by atoms with Crippen molar-refractivity contribution in [2.75, 3.05) is 57.9 Å². The van der Waals surface area contributed by atoms with Gasteiger partial charge < -0.3 is 24.3 Å². The zero-order valence-electron chi connectivity index (χ0n) is 16.5. The summed E-state index contributed by atoms with van der Waals surface area (Å²) in [5.74, 6) is 2.84. The molecule has 0 saturated carbocycles. The lowest BCUT2D eigenvalue weighted by atomic mass is 10.3. The highest BCUT2D eigenvalue weighted by Crippen LogP contribution is 2.19. The topological polar surface area (TPSA) is 79.0 Å². The van der Waals surface area contributed by atoms with Crippen LogP contribution in [-0.2, 0) is 17.6 Å². The van der Waals surface area contributed by atoms with Crippen LogP contribution in [0.1, 0.15) is 18.5 Å². The third-order valence-corrected chi connectivity index (χ3v) is 5.23. The molecular formula is C18H29IN6O2S. The molecule has 28 heavy (non-hydrogen) atoms. The molecule has 1 fully saturated rings. The third kappa shape index (κ3) is 6.59. The molecule has 0 amide bonds. The van der Waals surface area contributed by atoms with Crippen LogP contribution in [0.3, 0.4) is 0 Å². The first-order valence-electron chi connectivity index (χ1n) is 9.42. The Morgan fingerprint density at radius 3 is 2.82 bits per heavy atom. The van der Waals surface area contributed by atoms with Crippen LogP contribution in [0.15, 0.2) is 27.8 Å². The molecule has 0 unspecified atom stereocenters. The molecule has 1 aliphatic rings. The van der Waals surface area contributed by atoms with Gasteiger partial charge >= 0.3 is 0 Å². The molecule has 0 bridgehead atoms. The number of methoxy groups -OCH3 is 1. The van der Waals surface area contributed by atoms with E-state index in [4.69, 9.17) is 14.1 Å². The lowest BCUT2D eigenvalue weighted by Crippen LogP contribution is -2.53. The lowest BCUT2D eigenvalue weighted by Gasteiger charge is -2.36.